The SMILES string of the molecule is Cc1cn2c(nc1=O)O[C@@H]1[C@H](O)[C@H](COC(=O)c3ccccc3)O[C@@H]12. The van der Waals surface area contributed by atoms with E-state index in [1.54, 1.807) is 48.0 Å². The summed E-state index contributed by atoms with van der Waals surface area (Å²) in [4.78, 5) is 27.4. The first-order chi connectivity index (χ1) is 12.0. The Bertz CT molecular complexity index is 865. The van der Waals surface area contributed by atoms with E-state index in [1.807, 2.05) is 0 Å². The van der Waals surface area contributed by atoms with Crippen molar-refractivity contribution < 1.29 is 24.1 Å². The number of aryl methyl sites for hydroxylation is 1. The lowest BCUT2D eigenvalue weighted by molar-refractivity contribution is -0.0512. The largest absolute Gasteiger partial charge is 0.459 e. The summed E-state index contributed by atoms with van der Waals surface area (Å²) in [6.45, 7) is 1.54. The molecule has 3 heterocycles. The number of fused-ring (bicyclic) bond motifs is 3. The summed E-state index contributed by atoms with van der Waals surface area (Å²) in [6.07, 6.45) is -1.46. The summed E-state index contributed by atoms with van der Waals surface area (Å²) >= 11 is 0. The molecule has 1 aromatic heterocycles. The second kappa shape index (κ2) is 5.98. The van der Waals surface area contributed by atoms with E-state index in [-0.39, 0.29) is 18.2 Å². The van der Waals surface area contributed by atoms with Gasteiger partial charge in [-0.2, -0.15) is 4.98 Å². The molecule has 4 atom stereocenters. The molecule has 0 aliphatic carbocycles. The number of carbonyl (C=O) groups is 1. The van der Waals surface area contributed by atoms with Crippen molar-refractivity contribution in [3.8, 4) is 6.01 Å². The number of aromatic nitrogens is 2. The summed E-state index contributed by atoms with van der Waals surface area (Å²) in [5.74, 6) is -0.490. The average Bonchev–Trinajstić information content (AvgIpc) is 3.11. The van der Waals surface area contributed by atoms with E-state index in [9.17, 15) is 14.7 Å². The van der Waals surface area contributed by atoms with Gasteiger partial charge in [0.2, 0.25) is 0 Å². The van der Waals surface area contributed by atoms with Gasteiger partial charge in [0.1, 0.15) is 18.8 Å². The first kappa shape index (κ1) is 15.8. The number of ether oxygens (including phenoxy) is 3. The second-order valence-electron chi connectivity index (χ2n) is 6.02. The molecule has 8 nitrogen and oxygen atoms in total. The third kappa shape index (κ3) is 2.69. The van der Waals surface area contributed by atoms with E-state index in [1.165, 1.54) is 0 Å². The molecule has 1 saturated heterocycles. The smallest absolute Gasteiger partial charge is 0.338 e. The molecule has 0 unspecified atom stereocenters. The Balaban J connectivity index is 1.45. The Morgan fingerprint density at radius 2 is 2.12 bits per heavy atom. The van der Waals surface area contributed by atoms with Gasteiger partial charge in [0.05, 0.1) is 5.56 Å². The van der Waals surface area contributed by atoms with Crippen molar-refractivity contribution in [3.63, 3.8) is 0 Å². The van der Waals surface area contributed by atoms with Gasteiger partial charge in [-0.25, -0.2) is 4.79 Å². The predicted molar refractivity (Wildman–Crippen MR) is 84.3 cm³/mol. The Morgan fingerprint density at radius 3 is 2.88 bits per heavy atom. The molecule has 0 spiro atoms. The van der Waals surface area contributed by atoms with E-state index in [0.717, 1.165) is 0 Å². The molecule has 0 bridgehead atoms. The fraction of sp³-hybridized carbons (Fsp3) is 0.353. The average molecular weight is 344 g/mol. The van der Waals surface area contributed by atoms with E-state index >= 15 is 0 Å². The van der Waals surface area contributed by atoms with Crippen LogP contribution in [0.1, 0.15) is 22.1 Å². The van der Waals surface area contributed by atoms with Crippen molar-refractivity contribution in [1.82, 2.24) is 9.55 Å². The van der Waals surface area contributed by atoms with Crippen molar-refractivity contribution in [2.24, 2.45) is 0 Å². The Morgan fingerprint density at radius 1 is 1.36 bits per heavy atom. The Hall–Kier alpha value is -2.71. The van der Waals surface area contributed by atoms with Crippen molar-refractivity contribution >= 4 is 5.97 Å². The minimum atomic E-state index is -1.01. The lowest BCUT2D eigenvalue weighted by Gasteiger charge is -2.17. The molecular formula is C17H16N2O6. The van der Waals surface area contributed by atoms with Crippen molar-refractivity contribution in [3.05, 3.63) is 58.0 Å². The third-order valence-corrected chi connectivity index (χ3v) is 4.30. The summed E-state index contributed by atoms with van der Waals surface area (Å²) < 4.78 is 18.1. The molecular weight excluding hydrogens is 328 g/mol. The maximum absolute atomic E-state index is 12.0. The van der Waals surface area contributed by atoms with Crippen LogP contribution >= 0.6 is 0 Å². The molecule has 2 aromatic rings. The van der Waals surface area contributed by atoms with Gasteiger partial charge in [0.25, 0.3) is 5.56 Å². The van der Waals surface area contributed by atoms with E-state index in [2.05, 4.69) is 4.98 Å². The standard InChI is InChI=1S/C17H16N2O6/c1-9-7-19-15-13(25-17(19)18-14(9)21)12(20)11(24-15)8-23-16(22)10-5-3-2-4-6-10/h2-7,11-13,15,20H,8H2,1H3/t11-,12+,13+,15-/m0/s1. The number of aliphatic hydroxyl groups excluding tert-OH is 1. The van der Waals surface area contributed by atoms with Crippen LogP contribution in [0.5, 0.6) is 6.01 Å². The van der Waals surface area contributed by atoms with Crippen LogP contribution in [-0.4, -0.2) is 45.5 Å². The predicted octanol–water partition coefficient (Wildman–Crippen LogP) is 0.428. The van der Waals surface area contributed by atoms with Gasteiger partial charge in [0.15, 0.2) is 12.3 Å². The zero-order valence-electron chi connectivity index (χ0n) is 13.4. The highest BCUT2D eigenvalue weighted by Crippen LogP contribution is 2.39. The van der Waals surface area contributed by atoms with Crippen molar-refractivity contribution in [2.75, 3.05) is 6.61 Å². The van der Waals surface area contributed by atoms with Crippen LogP contribution in [0.2, 0.25) is 0 Å². The van der Waals surface area contributed by atoms with Crippen LogP contribution in [-0.2, 0) is 9.47 Å². The molecule has 1 fully saturated rings. The maximum Gasteiger partial charge on any atom is 0.338 e. The highest BCUT2D eigenvalue weighted by molar-refractivity contribution is 5.89. The number of hydrogen-bond acceptors (Lipinski definition) is 7. The van der Waals surface area contributed by atoms with Gasteiger partial charge in [-0.1, -0.05) is 18.2 Å². The van der Waals surface area contributed by atoms with Gasteiger partial charge in [-0.15, -0.1) is 0 Å². The van der Waals surface area contributed by atoms with Crippen molar-refractivity contribution in [1.29, 1.82) is 0 Å². The molecule has 0 saturated carbocycles. The Kier molecular flexibility index (Phi) is 3.78. The Labute approximate surface area is 142 Å². The van der Waals surface area contributed by atoms with Crippen molar-refractivity contribution in [2.45, 2.75) is 31.5 Å². The van der Waals surface area contributed by atoms with Crippen LogP contribution in [0.25, 0.3) is 0 Å². The number of benzene rings is 1. The van der Waals surface area contributed by atoms with E-state index in [4.69, 9.17) is 14.2 Å². The fourth-order valence-electron chi connectivity index (χ4n) is 2.97. The molecule has 2 aliphatic rings. The maximum atomic E-state index is 12.0. The van der Waals surface area contributed by atoms with Crippen LogP contribution in [0.3, 0.4) is 0 Å². The van der Waals surface area contributed by atoms with Gasteiger partial charge >= 0.3 is 12.0 Å². The van der Waals surface area contributed by atoms with E-state index in [0.29, 0.717) is 11.1 Å². The summed E-state index contributed by atoms with van der Waals surface area (Å²) in [5, 5.41) is 10.4. The second-order valence-corrected chi connectivity index (χ2v) is 6.02. The zero-order valence-corrected chi connectivity index (χ0v) is 13.4. The fourth-order valence-corrected chi connectivity index (χ4v) is 2.97. The van der Waals surface area contributed by atoms with Gasteiger partial charge in [-0.05, 0) is 19.1 Å². The third-order valence-electron chi connectivity index (χ3n) is 4.30. The quantitative estimate of drug-likeness (QED) is 0.806. The molecule has 1 aromatic carbocycles. The molecule has 4 rings (SSSR count). The monoisotopic (exact) mass is 344 g/mol. The number of aliphatic hydroxyl groups is 1. The number of esters is 1. The van der Waals surface area contributed by atoms with Gasteiger partial charge in [0, 0.05) is 11.8 Å². The lowest BCUT2D eigenvalue weighted by Crippen LogP contribution is -2.36. The number of hydrogen-bond donors (Lipinski definition) is 1. The minimum Gasteiger partial charge on any atom is -0.459 e. The number of rotatable bonds is 3. The first-order valence-electron chi connectivity index (χ1n) is 7.87. The van der Waals surface area contributed by atoms with Gasteiger partial charge < -0.3 is 19.3 Å². The van der Waals surface area contributed by atoms with Crippen LogP contribution in [0.15, 0.2) is 41.3 Å². The summed E-state index contributed by atoms with van der Waals surface area (Å²) in [7, 11) is 0. The van der Waals surface area contributed by atoms with Crippen LogP contribution in [0.4, 0.5) is 0 Å². The van der Waals surface area contributed by atoms with Crippen LogP contribution < -0.4 is 10.3 Å². The van der Waals surface area contributed by atoms with Gasteiger partial charge in [-0.3, -0.25) is 9.36 Å². The molecule has 25 heavy (non-hydrogen) atoms. The molecule has 0 radical (unpaired) electrons. The molecule has 8 heteroatoms. The number of nitrogens with zero attached hydrogens (tertiary/aromatic N) is 2. The lowest BCUT2D eigenvalue weighted by atomic mass is 10.1. The molecule has 1 N–H and O–H groups in total. The summed E-state index contributed by atoms with van der Waals surface area (Å²) in [5.41, 5.74) is 0.494. The number of carbonyl (C=O) groups excluding carboxylic acids is 1. The van der Waals surface area contributed by atoms with Crippen LogP contribution in [0, 0.1) is 6.92 Å². The zero-order chi connectivity index (χ0) is 17.6. The molecule has 0 amide bonds. The summed E-state index contributed by atoms with van der Waals surface area (Å²) in [6, 6.07) is 8.69. The van der Waals surface area contributed by atoms with E-state index < -0.39 is 30.5 Å². The molecule has 130 valence electrons. The normalized spacial score (nSPS) is 26.6. The topological polar surface area (TPSA) is 99.9 Å². The highest BCUT2D eigenvalue weighted by Gasteiger charge is 2.51. The molecule has 2 aliphatic heterocycles. The first-order valence-corrected chi connectivity index (χ1v) is 7.87. The highest BCUT2D eigenvalue weighted by atomic mass is 16.6. The minimum absolute atomic E-state index is 0.104.